The first-order valence-electron chi connectivity index (χ1n) is 6.29. The molecule has 0 aliphatic heterocycles. The summed E-state index contributed by atoms with van der Waals surface area (Å²) < 4.78 is 14.2. The molecule has 3 N–H and O–H groups in total. The second-order valence-corrected chi connectivity index (χ2v) is 5.50. The average molecular weight is 311 g/mol. The van der Waals surface area contributed by atoms with Gasteiger partial charge in [0.25, 0.3) is 0 Å². The van der Waals surface area contributed by atoms with Gasteiger partial charge in [-0.25, -0.2) is 14.2 Å². The van der Waals surface area contributed by atoms with Crippen LogP contribution in [0.25, 0.3) is 10.2 Å². The Morgan fingerprint density at radius 3 is 2.90 bits per heavy atom. The summed E-state index contributed by atoms with van der Waals surface area (Å²) in [5.74, 6) is -1.24. The molecule has 0 radical (unpaired) electrons. The molecule has 2 aromatic rings. The van der Waals surface area contributed by atoms with Crippen LogP contribution in [-0.2, 0) is 4.79 Å². The summed E-state index contributed by atoms with van der Waals surface area (Å²) in [6, 6.07) is 2.55. The Bertz CT molecular complexity index is 648. The highest BCUT2D eigenvalue weighted by atomic mass is 32.1. The van der Waals surface area contributed by atoms with Gasteiger partial charge in [-0.3, -0.25) is 10.1 Å². The topological polar surface area (TPSA) is 91.3 Å². The number of nitrogens with one attached hydrogen (secondary N) is 2. The number of anilines is 1. The third kappa shape index (κ3) is 4.12. The minimum atomic E-state index is -0.902. The number of aliphatic carboxylic acids is 1. The molecule has 6 nitrogen and oxygen atoms in total. The number of urea groups is 1. The first-order chi connectivity index (χ1) is 9.95. The van der Waals surface area contributed by atoms with Crippen LogP contribution in [0.15, 0.2) is 12.1 Å². The number of rotatable bonds is 5. The fourth-order valence-corrected chi connectivity index (χ4v) is 2.63. The summed E-state index contributed by atoms with van der Waals surface area (Å²) in [5.41, 5.74) is 1.01. The molecule has 0 aliphatic rings. The summed E-state index contributed by atoms with van der Waals surface area (Å²) in [7, 11) is 0. The Hall–Kier alpha value is -2.22. The number of carbonyl (C=O) groups is 2. The third-order valence-corrected chi connectivity index (χ3v) is 3.68. The van der Waals surface area contributed by atoms with Gasteiger partial charge in [0.2, 0.25) is 0 Å². The summed E-state index contributed by atoms with van der Waals surface area (Å²) in [4.78, 5) is 26.0. The molecular formula is C13H14FN3O3S. The van der Waals surface area contributed by atoms with Crippen molar-refractivity contribution in [3.8, 4) is 0 Å². The zero-order chi connectivity index (χ0) is 15.4. The van der Waals surface area contributed by atoms with Crippen molar-refractivity contribution in [1.29, 1.82) is 0 Å². The van der Waals surface area contributed by atoms with Crippen LogP contribution in [0.2, 0.25) is 0 Å². The molecule has 1 aromatic heterocycles. The lowest BCUT2D eigenvalue weighted by Gasteiger charge is -2.03. The van der Waals surface area contributed by atoms with Gasteiger partial charge in [-0.1, -0.05) is 11.3 Å². The van der Waals surface area contributed by atoms with E-state index < -0.39 is 12.0 Å². The van der Waals surface area contributed by atoms with Crippen LogP contribution in [0.3, 0.4) is 0 Å². The normalized spacial score (nSPS) is 10.6. The maximum atomic E-state index is 13.4. The number of carboxylic acid groups (broad SMARTS) is 1. The molecular weight excluding hydrogens is 297 g/mol. The second-order valence-electron chi connectivity index (χ2n) is 4.47. The van der Waals surface area contributed by atoms with Gasteiger partial charge in [-0.15, -0.1) is 0 Å². The minimum Gasteiger partial charge on any atom is -0.481 e. The highest BCUT2D eigenvalue weighted by Gasteiger charge is 2.09. The van der Waals surface area contributed by atoms with Crippen LogP contribution in [0, 0.1) is 12.7 Å². The van der Waals surface area contributed by atoms with Gasteiger partial charge in [0.15, 0.2) is 5.13 Å². The van der Waals surface area contributed by atoms with Crippen molar-refractivity contribution in [2.75, 3.05) is 11.9 Å². The number of hydrogen-bond acceptors (Lipinski definition) is 4. The summed E-state index contributed by atoms with van der Waals surface area (Å²) in [5, 5.41) is 13.9. The number of nitrogens with zero attached hydrogens (tertiary/aromatic N) is 1. The Kier molecular flexibility index (Phi) is 4.69. The Labute approximate surface area is 124 Å². The monoisotopic (exact) mass is 311 g/mol. The SMILES string of the molecule is Cc1cc2sc(NC(=O)NCCCC(=O)O)nc2cc1F. The standard InChI is InChI=1S/C13H14FN3O3S/c1-7-5-10-9(6-8(7)14)16-13(21-10)17-12(20)15-4-2-3-11(18)19/h5-6H,2-4H2,1H3,(H,18,19)(H2,15,16,17,20). The van der Waals surface area contributed by atoms with Gasteiger partial charge in [-0.2, -0.15) is 0 Å². The fourth-order valence-electron chi connectivity index (χ4n) is 1.69. The maximum absolute atomic E-state index is 13.4. The van der Waals surface area contributed by atoms with Gasteiger partial charge >= 0.3 is 12.0 Å². The Morgan fingerprint density at radius 2 is 2.19 bits per heavy atom. The molecule has 112 valence electrons. The van der Waals surface area contributed by atoms with E-state index in [1.54, 1.807) is 13.0 Å². The number of aryl methyl sites for hydroxylation is 1. The van der Waals surface area contributed by atoms with E-state index in [1.807, 2.05) is 0 Å². The van der Waals surface area contributed by atoms with Gasteiger partial charge in [0, 0.05) is 19.0 Å². The zero-order valence-electron chi connectivity index (χ0n) is 11.3. The number of halogens is 1. The minimum absolute atomic E-state index is 0.0000284. The molecule has 0 aliphatic carbocycles. The van der Waals surface area contributed by atoms with Crippen molar-refractivity contribution in [2.24, 2.45) is 0 Å². The van der Waals surface area contributed by atoms with Crippen molar-refractivity contribution >= 4 is 38.7 Å². The highest BCUT2D eigenvalue weighted by molar-refractivity contribution is 7.22. The molecule has 0 unspecified atom stereocenters. The number of hydrogen-bond donors (Lipinski definition) is 3. The fraction of sp³-hybridized carbons (Fsp3) is 0.308. The molecule has 1 heterocycles. The van der Waals surface area contributed by atoms with Crippen LogP contribution >= 0.6 is 11.3 Å². The number of carbonyl (C=O) groups excluding carboxylic acids is 1. The number of carboxylic acids is 1. The van der Waals surface area contributed by atoms with Crippen LogP contribution in [0.5, 0.6) is 0 Å². The van der Waals surface area contributed by atoms with Gasteiger partial charge in [0.1, 0.15) is 5.82 Å². The third-order valence-electron chi connectivity index (χ3n) is 2.74. The van der Waals surface area contributed by atoms with Crippen molar-refractivity contribution in [1.82, 2.24) is 10.3 Å². The van der Waals surface area contributed by atoms with E-state index in [2.05, 4.69) is 15.6 Å². The summed E-state index contributed by atoms with van der Waals surface area (Å²) >= 11 is 1.25. The maximum Gasteiger partial charge on any atom is 0.321 e. The van der Waals surface area contributed by atoms with Crippen molar-refractivity contribution in [2.45, 2.75) is 19.8 Å². The van der Waals surface area contributed by atoms with Gasteiger partial charge in [-0.05, 0) is 25.0 Å². The molecule has 0 saturated heterocycles. The lowest BCUT2D eigenvalue weighted by molar-refractivity contribution is -0.137. The average Bonchev–Trinajstić information content (AvgIpc) is 2.76. The predicted octanol–water partition coefficient (Wildman–Crippen LogP) is 2.73. The van der Waals surface area contributed by atoms with E-state index in [9.17, 15) is 14.0 Å². The largest absolute Gasteiger partial charge is 0.481 e. The van der Waals surface area contributed by atoms with Crippen LogP contribution in [0.4, 0.5) is 14.3 Å². The molecule has 21 heavy (non-hydrogen) atoms. The number of amides is 2. The van der Waals surface area contributed by atoms with E-state index in [0.29, 0.717) is 22.6 Å². The van der Waals surface area contributed by atoms with Crippen molar-refractivity contribution < 1.29 is 19.1 Å². The molecule has 1 aromatic carbocycles. The molecule has 8 heteroatoms. The molecule has 2 rings (SSSR count). The second kappa shape index (κ2) is 6.49. The Balaban J connectivity index is 1.93. The smallest absolute Gasteiger partial charge is 0.321 e. The molecule has 0 fully saturated rings. The van der Waals surface area contributed by atoms with Crippen LogP contribution in [-0.4, -0.2) is 28.6 Å². The van der Waals surface area contributed by atoms with Gasteiger partial charge < -0.3 is 10.4 Å². The lowest BCUT2D eigenvalue weighted by Crippen LogP contribution is -2.29. The molecule has 0 spiro atoms. The van der Waals surface area contributed by atoms with Crippen molar-refractivity contribution in [3.63, 3.8) is 0 Å². The Morgan fingerprint density at radius 1 is 1.43 bits per heavy atom. The number of aromatic nitrogens is 1. The molecule has 2 amide bonds. The lowest BCUT2D eigenvalue weighted by atomic mass is 10.2. The number of benzene rings is 1. The first-order valence-corrected chi connectivity index (χ1v) is 7.10. The van der Waals surface area contributed by atoms with E-state index in [4.69, 9.17) is 5.11 Å². The van der Waals surface area contributed by atoms with E-state index >= 15 is 0 Å². The quantitative estimate of drug-likeness (QED) is 0.740. The van der Waals surface area contributed by atoms with E-state index in [1.165, 1.54) is 17.4 Å². The number of thiazole rings is 1. The van der Waals surface area contributed by atoms with E-state index in [0.717, 1.165) is 4.70 Å². The van der Waals surface area contributed by atoms with Crippen LogP contribution < -0.4 is 10.6 Å². The summed E-state index contributed by atoms with van der Waals surface area (Å²) in [6.07, 6.45) is 0.354. The molecule has 0 bridgehead atoms. The van der Waals surface area contributed by atoms with Crippen LogP contribution in [0.1, 0.15) is 18.4 Å². The molecule has 0 atom stereocenters. The van der Waals surface area contributed by atoms with Crippen molar-refractivity contribution in [3.05, 3.63) is 23.5 Å². The van der Waals surface area contributed by atoms with Gasteiger partial charge in [0.05, 0.1) is 10.2 Å². The zero-order valence-corrected chi connectivity index (χ0v) is 12.1. The number of fused-ring (bicyclic) bond motifs is 1. The van der Waals surface area contributed by atoms with E-state index in [-0.39, 0.29) is 18.8 Å². The summed E-state index contributed by atoms with van der Waals surface area (Å²) in [6.45, 7) is 1.92. The predicted molar refractivity (Wildman–Crippen MR) is 78.2 cm³/mol. The molecule has 0 saturated carbocycles. The first kappa shape index (κ1) is 15.2. The highest BCUT2D eigenvalue weighted by Crippen LogP contribution is 2.27.